The molecule has 0 fully saturated rings. The smallest absolute Gasteiger partial charge is 0.312 e. The Balaban J connectivity index is 4.92. The average molecular weight is 568 g/mol. The molecule has 0 spiro atoms. The van der Waals surface area contributed by atoms with Crippen LogP contribution in [0.1, 0.15) is 137 Å². The van der Waals surface area contributed by atoms with Gasteiger partial charge in [-0.25, -0.2) is 0 Å². The number of unbranched alkanes of at least 4 members (excludes halogenated alkanes) is 12. The Morgan fingerprint density at radius 1 is 0.600 bits per heavy atom. The van der Waals surface area contributed by atoms with Gasteiger partial charge in [0.15, 0.2) is 0 Å². The lowest BCUT2D eigenvalue weighted by molar-refractivity contribution is -0.935. The summed E-state index contributed by atoms with van der Waals surface area (Å²) < 4.78 is 0.209. The summed E-state index contributed by atoms with van der Waals surface area (Å²) in [6.45, 7) is 8.99. The van der Waals surface area contributed by atoms with Crippen molar-refractivity contribution in [2.24, 2.45) is 17.8 Å². The van der Waals surface area contributed by atoms with Gasteiger partial charge >= 0.3 is 11.9 Å². The maximum atomic E-state index is 11.9. The van der Waals surface area contributed by atoms with Crippen LogP contribution >= 0.6 is 0 Å². The molecule has 0 amide bonds. The quantitative estimate of drug-likeness (QED) is 0.0608. The molecule has 7 heteroatoms. The molecule has 7 nitrogen and oxygen atoms in total. The first kappa shape index (κ1) is 38.1. The van der Waals surface area contributed by atoms with Crippen LogP contribution in [0.15, 0.2) is 12.2 Å². The number of allylic oxidation sites excluding steroid dienone is 2. The minimum absolute atomic E-state index is 0.209. The van der Waals surface area contributed by atoms with Crippen LogP contribution in [0.2, 0.25) is 0 Å². The van der Waals surface area contributed by atoms with Gasteiger partial charge in [-0.05, 0) is 57.8 Å². The number of hydrogen-bond donors (Lipinski definition) is 2. The molecule has 3 unspecified atom stereocenters. The summed E-state index contributed by atoms with van der Waals surface area (Å²) in [7, 11) is 0. The fraction of sp³-hybridized carbons (Fsp3) is 0.848. The van der Waals surface area contributed by atoms with Gasteiger partial charge in [0.2, 0.25) is 0 Å². The molecule has 40 heavy (non-hydrogen) atoms. The van der Waals surface area contributed by atoms with Crippen molar-refractivity contribution in [3.63, 3.8) is 0 Å². The zero-order chi connectivity index (χ0) is 30.2. The highest BCUT2D eigenvalue weighted by Gasteiger charge is 2.39. The van der Waals surface area contributed by atoms with E-state index in [1.165, 1.54) is 51.4 Å². The molecule has 0 aliphatic heterocycles. The third-order valence-electron chi connectivity index (χ3n) is 8.48. The first-order chi connectivity index (χ1) is 19.2. The molecule has 0 saturated heterocycles. The highest BCUT2D eigenvalue weighted by atomic mass is 16.4. The van der Waals surface area contributed by atoms with Crippen molar-refractivity contribution in [1.29, 1.82) is 0 Å². The molecular formula is C33H61NO6. The normalized spacial score (nSPS) is 15.5. The molecule has 0 aromatic carbocycles. The van der Waals surface area contributed by atoms with Gasteiger partial charge in [-0.15, -0.1) is 0 Å². The van der Waals surface area contributed by atoms with Crippen molar-refractivity contribution < 1.29 is 34.2 Å². The molecule has 0 saturated carbocycles. The van der Waals surface area contributed by atoms with Gasteiger partial charge in [0, 0.05) is 5.92 Å². The Labute approximate surface area is 245 Å². The van der Waals surface area contributed by atoms with E-state index in [1.54, 1.807) is 6.92 Å². The SMILES string of the molecule is CCCCCCCCCC/C=C/CCCCCC[N+](CC(CC)C(=O)[O-])(CC(CC)C(=O)O)CC(CC)C(=O)O. The van der Waals surface area contributed by atoms with E-state index in [-0.39, 0.29) is 24.1 Å². The van der Waals surface area contributed by atoms with Crippen LogP contribution < -0.4 is 5.11 Å². The molecule has 0 rings (SSSR count). The van der Waals surface area contributed by atoms with Gasteiger partial charge in [-0.3, -0.25) is 9.59 Å². The third kappa shape index (κ3) is 17.7. The van der Waals surface area contributed by atoms with E-state index in [4.69, 9.17) is 0 Å². The highest BCUT2D eigenvalue weighted by Crippen LogP contribution is 2.25. The summed E-state index contributed by atoms with van der Waals surface area (Å²) in [4.78, 5) is 35.7. The van der Waals surface area contributed by atoms with E-state index in [1.807, 2.05) is 13.8 Å². The summed E-state index contributed by atoms with van der Waals surface area (Å²) >= 11 is 0. The van der Waals surface area contributed by atoms with Gasteiger partial charge in [-0.1, -0.05) is 91.2 Å². The molecular weight excluding hydrogens is 506 g/mol. The average Bonchev–Trinajstić information content (AvgIpc) is 2.92. The lowest BCUT2D eigenvalue weighted by atomic mass is 9.95. The molecule has 0 radical (unpaired) electrons. The lowest BCUT2D eigenvalue weighted by Gasteiger charge is -2.44. The summed E-state index contributed by atoms with van der Waals surface area (Å²) in [5.74, 6) is -4.98. The molecule has 234 valence electrons. The molecule has 0 aromatic heterocycles. The van der Waals surface area contributed by atoms with Crippen LogP contribution in [-0.4, -0.2) is 58.8 Å². The van der Waals surface area contributed by atoms with E-state index in [2.05, 4.69) is 19.1 Å². The second kappa shape index (κ2) is 23.8. The number of aliphatic carboxylic acids is 3. The van der Waals surface area contributed by atoms with Crippen molar-refractivity contribution in [2.75, 3.05) is 26.2 Å². The van der Waals surface area contributed by atoms with Crippen LogP contribution in [0, 0.1) is 17.8 Å². The number of quaternary nitrogens is 1. The number of hydrogen-bond acceptors (Lipinski definition) is 4. The van der Waals surface area contributed by atoms with Gasteiger partial charge in [0.25, 0.3) is 0 Å². The van der Waals surface area contributed by atoms with Gasteiger partial charge in [-0.2, -0.15) is 0 Å². The summed E-state index contributed by atoms with van der Waals surface area (Å²) in [5.41, 5.74) is 0. The summed E-state index contributed by atoms with van der Waals surface area (Å²) in [6.07, 6.45) is 22.6. The molecule has 0 bridgehead atoms. The van der Waals surface area contributed by atoms with Crippen LogP contribution in [0.4, 0.5) is 0 Å². The maximum absolute atomic E-state index is 11.9. The minimum atomic E-state index is -1.14. The van der Waals surface area contributed by atoms with Crippen LogP contribution in [0.3, 0.4) is 0 Å². The monoisotopic (exact) mass is 567 g/mol. The Hall–Kier alpha value is -1.89. The number of carbonyl (C=O) groups is 3. The van der Waals surface area contributed by atoms with Crippen molar-refractivity contribution in [2.45, 2.75) is 137 Å². The largest absolute Gasteiger partial charge is 0.550 e. The Morgan fingerprint density at radius 3 is 1.35 bits per heavy atom. The Bertz CT molecular complexity index is 647. The van der Waals surface area contributed by atoms with E-state index < -0.39 is 35.7 Å². The van der Waals surface area contributed by atoms with Gasteiger partial charge in [0.05, 0.1) is 32.1 Å². The predicted molar refractivity (Wildman–Crippen MR) is 161 cm³/mol. The Kier molecular flexibility index (Phi) is 22.7. The molecule has 0 heterocycles. The van der Waals surface area contributed by atoms with Gasteiger partial charge in [0.1, 0.15) is 11.8 Å². The predicted octanol–water partition coefficient (Wildman–Crippen LogP) is 6.84. The van der Waals surface area contributed by atoms with Crippen LogP contribution in [0.5, 0.6) is 0 Å². The highest BCUT2D eigenvalue weighted by molar-refractivity contribution is 5.70. The number of nitrogens with zero attached hydrogens (tertiary/aromatic N) is 1. The number of carbonyl (C=O) groups excluding carboxylic acids is 1. The van der Waals surface area contributed by atoms with E-state index in [9.17, 15) is 29.7 Å². The molecule has 3 atom stereocenters. The number of rotatable bonds is 28. The van der Waals surface area contributed by atoms with E-state index in [0.717, 1.165) is 38.5 Å². The third-order valence-corrected chi connectivity index (χ3v) is 8.48. The molecule has 0 aliphatic rings. The second-order valence-electron chi connectivity index (χ2n) is 11.9. The Morgan fingerprint density at radius 2 is 0.975 bits per heavy atom. The lowest BCUT2D eigenvalue weighted by Crippen LogP contribution is -2.59. The topological polar surface area (TPSA) is 115 Å². The number of carboxylic acids is 3. The van der Waals surface area contributed by atoms with Gasteiger partial charge < -0.3 is 24.6 Å². The zero-order valence-corrected chi connectivity index (χ0v) is 26.2. The van der Waals surface area contributed by atoms with Crippen molar-refractivity contribution >= 4 is 17.9 Å². The number of carboxylic acid groups (broad SMARTS) is 3. The van der Waals surface area contributed by atoms with Crippen molar-refractivity contribution in [3.05, 3.63) is 12.2 Å². The minimum Gasteiger partial charge on any atom is -0.550 e. The summed E-state index contributed by atoms with van der Waals surface area (Å²) in [6, 6.07) is 0. The summed E-state index contributed by atoms with van der Waals surface area (Å²) in [5, 5.41) is 31.4. The first-order valence-corrected chi connectivity index (χ1v) is 16.3. The first-order valence-electron chi connectivity index (χ1n) is 16.3. The standard InChI is InChI=1S/C33H61NO6/c1-5-9-10-11-12-13-14-15-16-17-18-19-20-21-22-23-24-34(25-28(6-2)31(35)36,26-29(7-3)32(37)38)27-30(8-4)33(39)40/h17-18,28-30H,5-16,19-27H2,1-4H3,(H2-,35,36,37,38,39,40)/b18-17+. The second-order valence-corrected chi connectivity index (χ2v) is 11.9. The van der Waals surface area contributed by atoms with Crippen LogP contribution in [0.25, 0.3) is 0 Å². The zero-order valence-electron chi connectivity index (χ0n) is 26.2. The fourth-order valence-corrected chi connectivity index (χ4v) is 5.73. The molecule has 0 aliphatic carbocycles. The van der Waals surface area contributed by atoms with Crippen LogP contribution in [-0.2, 0) is 14.4 Å². The van der Waals surface area contributed by atoms with E-state index >= 15 is 0 Å². The molecule has 2 N–H and O–H groups in total. The maximum Gasteiger partial charge on any atom is 0.312 e. The van der Waals surface area contributed by atoms with Crippen molar-refractivity contribution in [1.82, 2.24) is 0 Å². The molecule has 0 aromatic rings. The fourth-order valence-electron chi connectivity index (χ4n) is 5.73. The van der Waals surface area contributed by atoms with Crippen molar-refractivity contribution in [3.8, 4) is 0 Å². The van der Waals surface area contributed by atoms with E-state index in [0.29, 0.717) is 25.8 Å².